The number of aliphatic hydroxyl groups excluding tert-OH is 1. The van der Waals surface area contributed by atoms with Crippen LogP contribution >= 0.6 is 0 Å². The second kappa shape index (κ2) is 5.49. The Labute approximate surface area is 135 Å². The van der Waals surface area contributed by atoms with Gasteiger partial charge in [0.05, 0.1) is 17.8 Å². The Morgan fingerprint density at radius 2 is 1.73 bits per heavy atom. The lowest BCUT2D eigenvalue weighted by atomic mass is 9.61. The Kier molecular flexibility index (Phi) is 4.06. The van der Waals surface area contributed by atoms with E-state index in [1.54, 1.807) is 0 Å². The van der Waals surface area contributed by atoms with Gasteiger partial charge in [0.1, 0.15) is 0 Å². The number of allylic oxidation sites excluding steroid dienone is 2. The van der Waals surface area contributed by atoms with Crippen molar-refractivity contribution in [1.82, 2.24) is 0 Å². The first-order valence-electron chi connectivity index (χ1n) is 8.96. The summed E-state index contributed by atoms with van der Waals surface area (Å²) >= 11 is 0. The first kappa shape index (κ1) is 16.3. The SMILES string of the molecule is C=C1CC[C@@H]2CCC(C)=C([C@H](O)C[C@@]3(C)O[C@@H]3CC1)C2(C)C. The molecule has 2 aliphatic carbocycles. The lowest BCUT2D eigenvalue weighted by Gasteiger charge is -2.44. The summed E-state index contributed by atoms with van der Waals surface area (Å²) in [6, 6.07) is 0. The molecule has 1 N–H and O–H groups in total. The third kappa shape index (κ3) is 2.80. The Hall–Kier alpha value is -0.600. The number of epoxide rings is 1. The molecular formula is C20H32O2. The van der Waals surface area contributed by atoms with Crippen molar-refractivity contribution in [1.29, 1.82) is 0 Å². The van der Waals surface area contributed by atoms with Crippen molar-refractivity contribution >= 4 is 0 Å². The topological polar surface area (TPSA) is 32.8 Å². The average Bonchev–Trinajstić information content (AvgIpc) is 3.03. The third-order valence-corrected chi connectivity index (χ3v) is 6.62. The monoisotopic (exact) mass is 304 g/mol. The maximum Gasteiger partial charge on any atom is 0.0948 e. The number of rotatable bonds is 0. The summed E-state index contributed by atoms with van der Waals surface area (Å²) in [6.07, 6.45) is 7.55. The van der Waals surface area contributed by atoms with Crippen molar-refractivity contribution in [2.24, 2.45) is 11.3 Å². The summed E-state index contributed by atoms with van der Waals surface area (Å²) < 4.78 is 5.95. The van der Waals surface area contributed by atoms with Gasteiger partial charge in [0.2, 0.25) is 0 Å². The van der Waals surface area contributed by atoms with Gasteiger partial charge in [-0.15, -0.1) is 0 Å². The summed E-state index contributed by atoms with van der Waals surface area (Å²) in [5, 5.41) is 11.0. The molecule has 2 heteroatoms. The van der Waals surface area contributed by atoms with Gasteiger partial charge in [-0.25, -0.2) is 0 Å². The van der Waals surface area contributed by atoms with Crippen molar-refractivity contribution < 1.29 is 9.84 Å². The molecular weight excluding hydrogens is 272 g/mol. The Morgan fingerprint density at radius 1 is 1.09 bits per heavy atom. The van der Waals surface area contributed by atoms with E-state index in [1.165, 1.54) is 29.6 Å². The summed E-state index contributed by atoms with van der Waals surface area (Å²) in [7, 11) is 0. The number of ether oxygens (including phenoxy) is 1. The van der Waals surface area contributed by atoms with Crippen LogP contribution in [0.5, 0.6) is 0 Å². The number of hydrogen-bond donors (Lipinski definition) is 1. The third-order valence-electron chi connectivity index (χ3n) is 6.62. The molecule has 1 aliphatic heterocycles. The predicted octanol–water partition coefficient (Wildman–Crippen LogP) is 4.78. The van der Waals surface area contributed by atoms with E-state index in [9.17, 15) is 5.11 Å². The van der Waals surface area contributed by atoms with Gasteiger partial charge in [-0.1, -0.05) is 31.6 Å². The number of aliphatic hydroxyl groups is 1. The molecule has 2 bridgehead atoms. The molecule has 1 heterocycles. The van der Waals surface area contributed by atoms with Crippen LogP contribution in [0.2, 0.25) is 0 Å². The molecule has 0 spiro atoms. The van der Waals surface area contributed by atoms with Crippen LogP contribution in [0, 0.1) is 11.3 Å². The highest BCUT2D eigenvalue weighted by molar-refractivity contribution is 5.29. The molecule has 0 radical (unpaired) electrons. The van der Waals surface area contributed by atoms with E-state index in [4.69, 9.17) is 4.74 Å². The quantitative estimate of drug-likeness (QED) is 0.516. The van der Waals surface area contributed by atoms with Crippen molar-refractivity contribution in [3.8, 4) is 0 Å². The summed E-state index contributed by atoms with van der Waals surface area (Å²) in [5.41, 5.74) is 4.04. The van der Waals surface area contributed by atoms with E-state index in [0.29, 0.717) is 12.0 Å². The molecule has 124 valence electrons. The normalized spacial score (nSPS) is 42.2. The summed E-state index contributed by atoms with van der Waals surface area (Å²) in [5.74, 6) is 0.653. The molecule has 3 aliphatic rings. The van der Waals surface area contributed by atoms with Gasteiger partial charge < -0.3 is 9.84 Å². The van der Waals surface area contributed by atoms with Crippen LogP contribution in [0.1, 0.15) is 72.6 Å². The average molecular weight is 304 g/mol. The zero-order valence-corrected chi connectivity index (χ0v) is 14.7. The Bertz CT molecular complexity index is 502. The van der Waals surface area contributed by atoms with Gasteiger partial charge in [-0.3, -0.25) is 0 Å². The highest BCUT2D eigenvalue weighted by Crippen LogP contribution is 2.52. The highest BCUT2D eigenvalue weighted by atomic mass is 16.6. The van der Waals surface area contributed by atoms with E-state index >= 15 is 0 Å². The van der Waals surface area contributed by atoms with Crippen LogP contribution in [0.25, 0.3) is 0 Å². The summed E-state index contributed by atoms with van der Waals surface area (Å²) in [6.45, 7) is 13.3. The molecule has 1 saturated heterocycles. The fraction of sp³-hybridized carbons (Fsp3) is 0.800. The van der Waals surface area contributed by atoms with Gasteiger partial charge in [0.25, 0.3) is 0 Å². The molecule has 1 saturated carbocycles. The van der Waals surface area contributed by atoms with Crippen molar-refractivity contribution in [3.05, 3.63) is 23.3 Å². The molecule has 0 aromatic carbocycles. The van der Waals surface area contributed by atoms with Crippen LogP contribution in [0.15, 0.2) is 23.3 Å². The van der Waals surface area contributed by atoms with Crippen LogP contribution < -0.4 is 0 Å². The second-order valence-corrected chi connectivity index (χ2v) is 8.62. The predicted molar refractivity (Wildman–Crippen MR) is 90.7 cm³/mol. The lowest BCUT2D eigenvalue weighted by molar-refractivity contribution is 0.105. The first-order chi connectivity index (χ1) is 10.2. The molecule has 0 aromatic rings. The van der Waals surface area contributed by atoms with Gasteiger partial charge in [-0.05, 0) is 69.3 Å². The van der Waals surface area contributed by atoms with E-state index in [1.807, 2.05) is 0 Å². The van der Waals surface area contributed by atoms with Crippen LogP contribution in [-0.2, 0) is 4.74 Å². The fourth-order valence-corrected chi connectivity index (χ4v) is 5.03. The zero-order valence-electron chi connectivity index (χ0n) is 14.7. The molecule has 22 heavy (non-hydrogen) atoms. The molecule has 2 nitrogen and oxygen atoms in total. The smallest absolute Gasteiger partial charge is 0.0948 e. The minimum atomic E-state index is -0.351. The fourth-order valence-electron chi connectivity index (χ4n) is 5.03. The highest BCUT2D eigenvalue weighted by Gasteiger charge is 2.54. The van der Waals surface area contributed by atoms with Crippen molar-refractivity contribution in [3.63, 3.8) is 0 Å². The Morgan fingerprint density at radius 3 is 2.45 bits per heavy atom. The second-order valence-electron chi connectivity index (χ2n) is 8.62. The minimum absolute atomic E-state index is 0.0853. The minimum Gasteiger partial charge on any atom is -0.389 e. The largest absolute Gasteiger partial charge is 0.389 e. The standard InChI is InChI=1S/C20H32O2/c1-13-6-9-15-10-8-14(2)18(19(15,3)4)16(21)12-20(5)17(22-20)11-7-13/h15-17,21H,1,6-12H2,2-5H3/t15-,16-,17-,20-/m1/s1. The zero-order chi connectivity index (χ0) is 16.1. The van der Waals surface area contributed by atoms with E-state index in [0.717, 1.165) is 32.1 Å². The van der Waals surface area contributed by atoms with E-state index in [2.05, 4.69) is 34.3 Å². The molecule has 2 fully saturated rings. The molecule has 0 amide bonds. The van der Waals surface area contributed by atoms with Gasteiger partial charge in [0, 0.05) is 6.42 Å². The van der Waals surface area contributed by atoms with Gasteiger partial charge in [0.15, 0.2) is 0 Å². The lowest BCUT2D eigenvalue weighted by Crippen LogP contribution is -2.38. The molecule has 3 rings (SSSR count). The molecule has 4 atom stereocenters. The van der Waals surface area contributed by atoms with Crippen molar-refractivity contribution in [2.45, 2.75) is 90.4 Å². The summed E-state index contributed by atoms with van der Waals surface area (Å²) in [4.78, 5) is 0. The van der Waals surface area contributed by atoms with Crippen molar-refractivity contribution in [2.75, 3.05) is 0 Å². The Balaban J connectivity index is 1.92. The molecule has 0 unspecified atom stereocenters. The van der Waals surface area contributed by atoms with Gasteiger partial charge in [-0.2, -0.15) is 0 Å². The van der Waals surface area contributed by atoms with Crippen LogP contribution in [0.3, 0.4) is 0 Å². The van der Waals surface area contributed by atoms with Crippen LogP contribution in [-0.4, -0.2) is 22.9 Å². The number of fused-ring (bicyclic) bond motifs is 3. The maximum atomic E-state index is 11.0. The van der Waals surface area contributed by atoms with Gasteiger partial charge >= 0.3 is 0 Å². The number of hydrogen-bond acceptors (Lipinski definition) is 2. The van der Waals surface area contributed by atoms with Crippen LogP contribution in [0.4, 0.5) is 0 Å². The molecule has 0 aromatic heterocycles. The first-order valence-corrected chi connectivity index (χ1v) is 8.96. The van der Waals surface area contributed by atoms with E-state index in [-0.39, 0.29) is 17.1 Å². The maximum absolute atomic E-state index is 11.0. The van der Waals surface area contributed by atoms with E-state index < -0.39 is 0 Å².